The molecule has 8 nitrogen and oxygen atoms in total. The summed E-state index contributed by atoms with van der Waals surface area (Å²) in [7, 11) is 1.66. The van der Waals surface area contributed by atoms with Crippen LogP contribution in [0.5, 0.6) is 0 Å². The number of quaternary nitrogens is 1. The van der Waals surface area contributed by atoms with Gasteiger partial charge >= 0.3 is 13.8 Å². The number of nitrogens with zero attached hydrogens (tertiary/aromatic N) is 1. The van der Waals surface area contributed by atoms with Crippen LogP contribution < -0.4 is 0 Å². The number of rotatable bonds is 41. The number of hydrogen-bond donors (Lipinski definition) is 1. The Labute approximate surface area is 334 Å². The number of phosphoric acid groups is 1. The molecule has 0 aromatic heterocycles. The van der Waals surface area contributed by atoms with Crippen molar-refractivity contribution >= 4 is 13.8 Å². The summed E-state index contributed by atoms with van der Waals surface area (Å²) in [4.78, 5) is 22.9. The smallest absolute Gasteiger partial charge is 0.457 e. The molecule has 0 saturated heterocycles. The molecule has 2 atom stereocenters. The summed E-state index contributed by atoms with van der Waals surface area (Å²) in [5.74, 6) is -0.322. The maximum atomic E-state index is 12.7. The van der Waals surface area contributed by atoms with Crippen molar-refractivity contribution in [2.45, 2.75) is 193 Å². The zero-order chi connectivity index (χ0) is 39.9. The molecule has 1 N–H and O–H groups in total. The van der Waals surface area contributed by atoms with Crippen molar-refractivity contribution in [3.8, 4) is 0 Å². The quantitative estimate of drug-likeness (QED) is 0.0217. The van der Waals surface area contributed by atoms with E-state index in [9.17, 15) is 14.3 Å². The van der Waals surface area contributed by atoms with Gasteiger partial charge in [-0.1, -0.05) is 172 Å². The van der Waals surface area contributed by atoms with Crippen LogP contribution in [-0.4, -0.2) is 75.6 Å². The Hall–Kier alpha value is -1.28. The lowest BCUT2D eigenvalue weighted by Gasteiger charge is -2.24. The monoisotopic (exact) mass is 785 g/mol. The summed E-state index contributed by atoms with van der Waals surface area (Å²) in [5.41, 5.74) is 0. The van der Waals surface area contributed by atoms with Crippen molar-refractivity contribution in [1.82, 2.24) is 0 Å². The molecule has 0 aromatic rings. The molecule has 0 aliphatic rings. The van der Waals surface area contributed by atoms with Gasteiger partial charge in [0.05, 0.1) is 34.4 Å². The maximum absolute atomic E-state index is 12.7. The molecular weight excluding hydrogens is 697 g/mol. The summed E-state index contributed by atoms with van der Waals surface area (Å²) < 4.78 is 35.0. The minimum Gasteiger partial charge on any atom is -0.457 e. The largest absolute Gasteiger partial charge is 0.472 e. The SMILES string of the molecule is CC/C=C\C/C=C\C/C=C\CCCCCCCCCC(=O)OC(COCCCCCCCCCCCCCCCCC)COP(=O)(O)OCC[N+](C)(C)C. The highest BCUT2D eigenvalue weighted by molar-refractivity contribution is 7.47. The standard InChI is InChI=1S/C45H86NO7P/c1-6-8-10-12-14-16-18-20-22-23-24-26-28-30-32-34-36-38-45(47)53-44(43-52-54(48,49)51-41-39-46(3,4)5)42-50-40-37-35-33-31-29-27-25-21-19-17-15-13-11-9-7-2/h8,10,14,16,20,22,44H,6-7,9,11-13,15,17-19,21,23-43H2,1-5H3/p+1/b10-8-,16-14-,22-20-. The van der Waals surface area contributed by atoms with E-state index in [1.807, 2.05) is 21.1 Å². The van der Waals surface area contributed by atoms with E-state index in [1.165, 1.54) is 109 Å². The molecule has 2 unspecified atom stereocenters. The molecule has 9 heteroatoms. The molecule has 318 valence electrons. The Morgan fingerprint density at radius 1 is 0.593 bits per heavy atom. The minimum atomic E-state index is -4.27. The van der Waals surface area contributed by atoms with Crippen molar-refractivity contribution in [3.05, 3.63) is 36.5 Å². The van der Waals surface area contributed by atoms with Gasteiger partial charge < -0.3 is 18.9 Å². The van der Waals surface area contributed by atoms with E-state index in [4.69, 9.17) is 18.5 Å². The Kier molecular flexibility index (Phi) is 37.7. The average molecular weight is 785 g/mol. The van der Waals surface area contributed by atoms with Crippen molar-refractivity contribution in [3.63, 3.8) is 0 Å². The lowest BCUT2D eigenvalue weighted by molar-refractivity contribution is -0.870. The Bertz CT molecular complexity index is 962. The first-order chi connectivity index (χ1) is 26.1. The molecule has 0 heterocycles. The molecular formula is C45H87NO7P+. The van der Waals surface area contributed by atoms with Gasteiger partial charge in [-0.3, -0.25) is 13.8 Å². The van der Waals surface area contributed by atoms with E-state index in [1.54, 1.807) is 0 Å². The van der Waals surface area contributed by atoms with Gasteiger partial charge in [-0.2, -0.15) is 0 Å². The molecule has 0 aliphatic carbocycles. The van der Waals surface area contributed by atoms with Crippen molar-refractivity contribution in [2.75, 3.05) is 54.1 Å². The number of hydrogen-bond acceptors (Lipinski definition) is 6. The van der Waals surface area contributed by atoms with Gasteiger partial charge in [-0.25, -0.2) is 4.57 Å². The molecule has 0 aromatic carbocycles. The molecule has 0 rings (SSSR count). The number of allylic oxidation sites excluding steroid dienone is 6. The second-order valence-corrected chi connectivity index (χ2v) is 17.5. The Balaban J connectivity index is 4.23. The molecule has 0 bridgehead atoms. The van der Waals surface area contributed by atoms with Crippen molar-refractivity contribution < 1.29 is 37.3 Å². The van der Waals surface area contributed by atoms with Crippen LogP contribution in [0.3, 0.4) is 0 Å². The molecule has 0 radical (unpaired) electrons. The summed E-state index contributed by atoms with van der Waals surface area (Å²) in [6.07, 6.45) is 44.6. The van der Waals surface area contributed by atoms with Crippen LogP contribution in [0.25, 0.3) is 0 Å². The first-order valence-corrected chi connectivity index (χ1v) is 23.7. The number of carbonyl (C=O) groups is 1. The fraction of sp³-hybridized carbons (Fsp3) is 0.844. The Morgan fingerprint density at radius 3 is 1.61 bits per heavy atom. The molecule has 0 spiro atoms. The highest BCUT2D eigenvalue weighted by atomic mass is 31.2. The van der Waals surface area contributed by atoms with Crippen molar-refractivity contribution in [1.29, 1.82) is 0 Å². The minimum absolute atomic E-state index is 0.0872. The van der Waals surface area contributed by atoms with E-state index in [-0.39, 0.29) is 25.8 Å². The lowest BCUT2D eigenvalue weighted by Crippen LogP contribution is -2.37. The average Bonchev–Trinajstić information content (AvgIpc) is 3.12. The van der Waals surface area contributed by atoms with E-state index >= 15 is 0 Å². The van der Waals surface area contributed by atoms with Crippen LogP contribution >= 0.6 is 7.82 Å². The number of likely N-dealkylation sites (N-methyl/N-ethyl adjacent to an activating group) is 1. The summed E-state index contributed by atoms with van der Waals surface area (Å²) in [5, 5.41) is 0. The van der Waals surface area contributed by atoms with Gasteiger partial charge in [-0.15, -0.1) is 0 Å². The van der Waals surface area contributed by atoms with Crippen LogP contribution in [0, 0.1) is 0 Å². The molecule has 0 saturated carbocycles. The predicted molar refractivity (Wildman–Crippen MR) is 229 cm³/mol. The molecule has 54 heavy (non-hydrogen) atoms. The van der Waals surface area contributed by atoms with Gasteiger partial charge in [0.2, 0.25) is 0 Å². The topological polar surface area (TPSA) is 91.3 Å². The third kappa shape index (κ3) is 41.9. The van der Waals surface area contributed by atoms with Crippen LogP contribution in [0.15, 0.2) is 36.5 Å². The van der Waals surface area contributed by atoms with E-state index < -0.39 is 13.9 Å². The van der Waals surface area contributed by atoms with Gasteiger partial charge in [0.1, 0.15) is 19.3 Å². The first-order valence-electron chi connectivity index (χ1n) is 22.2. The molecule has 0 amide bonds. The summed E-state index contributed by atoms with van der Waals surface area (Å²) >= 11 is 0. The fourth-order valence-corrected chi connectivity index (χ4v) is 6.78. The van der Waals surface area contributed by atoms with Gasteiger partial charge in [0, 0.05) is 13.0 Å². The number of phosphoric ester groups is 1. The summed E-state index contributed by atoms with van der Waals surface area (Å²) in [6, 6.07) is 0. The zero-order valence-electron chi connectivity index (χ0n) is 36.0. The van der Waals surface area contributed by atoms with Crippen LogP contribution in [0.2, 0.25) is 0 Å². The van der Waals surface area contributed by atoms with Crippen molar-refractivity contribution in [2.24, 2.45) is 0 Å². The second-order valence-electron chi connectivity index (χ2n) is 16.1. The number of ether oxygens (including phenoxy) is 2. The first kappa shape index (κ1) is 52.7. The third-order valence-corrected chi connectivity index (χ3v) is 10.5. The zero-order valence-corrected chi connectivity index (χ0v) is 36.9. The molecule has 0 aliphatic heterocycles. The third-order valence-electron chi connectivity index (χ3n) is 9.47. The molecule has 0 fully saturated rings. The fourth-order valence-electron chi connectivity index (χ4n) is 6.04. The number of unbranched alkanes of at least 4 members (excludes halogenated alkanes) is 21. The normalized spacial score (nSPS) is 14.1. The van der Waals surface area contributed by atoms with Crippen LogP contribution in [0.1, 0.15) is 187 Å². The van der Waals surface area contributed by atoms with Crippen LogP contribution in [-0.2, 0) is 27.9 Å². The second kappa shape index (κ2) is 38.6. The highest BCUT2D eigenvalue weighted by Gasteiger charge is 2.26. The predicted octanol–water partition coefficient (Wildman–Crippen LogP) is 13.0. The van der Waals surface area contributed by atoms with Gasteiger partial charge in [0.25, 0.3) is 0 Å². The maximum Gasteiger partial charge on any atom is 0.472 e. The van der Waals surface area contributed by atoms with Gasteiger partial charge in [-0.05, 0) is 44.9 Å². The summed E-state index contributed by atoms with van der Waals surface area (Å²) in [6.45, 7) is 5.52. The van der Waals surface area contributed by atoms with E-state index in [0.717, 1.165) is 57.8 Å². The van der Waals surface area contributed by atoms with E-state index in [2.05, 4.69) is 50.3 Å². The number of carbonyl (C=O) groups excluding carboxylic acids is 1. The van der Waals surface area contributed by atoms with Crippen LogP contribution in [0.4, 0.5) is 0 Å². The highest BCUT2D eigenvalue weighted by Crippen LogP contribution is 2.43. The number of esters is 1. The Morgan fingerprint density at radius 2 is 1.07 bits per heavy atom. The lowest BCUT2D eigenvalue weighted by atomic mass is 10.0. The van der Waals surface area contributed by atoms with Gasteiger partial charge in [0.15, 0.2) is 0 Å². The van der Waals surface area contributed by atoms with E-state index in [0.29, 0.717) is 24.1 Å².